The Morgan fingerprint density at radius 3 is 2.94 bits per heavy atom. The fourth-order valence-corrected chi connectivity index (χ4v) is 1.97. The van der Waals surface area contributed by atoms with Crippen LogP contribution in [0.2, 0.25) is 0 Å². The summed E-state index contributed by atoms with van der Waals surface area (Å²) in [6.45, 7) is 3.14. The highest BCUT2D eigenvalue weighted by Crippen LogP contribution is 2.23. The lowest BCUT2D eigenvalue weighted by Crippen LogP contribution is -2.26. The molecule has 6 nitrogen and oxygen atoms in total. The van der Waals surface area contributed by atoms with Crippen molar-refractivity contribution in [2.24, 2.45) is 10.9 Å². The van der Waals surface area contributed by atoms with E-state index < -0.39 is 0 Å². The van der Waals surface area contributed by atoms with Crippen LogP contribution < -0.4 is 10.6 Å². The van der Waals surface area contributed by atoms with E-state index in [0.29, 0.717) is 24.3 Å². The molecule has 1 aromatic rings. The Kier molecular flexibility index (Phi) is 3.14. The van der Waals surface area contributed by atoms with E-state index in [4.69, 9.17) is 10.9 Å². The zero-order valence-corrected chi connectivity index (χ0v) is 9.67. The Hall–Kier alpha value is -1.82. The quantitative estimate of drug-likeness (QED) is 0.292. The lowest BCUT2D eigenvalue weighted by Gasteiger charge is -2.20. The third-order valence-electron chi connectivity index (χ3n) is 2.86. The van der Waals surface area contributed by atoms with Gasteiger partial charge in [0.1, 0.15) is 5.82 Å². The molecule has 0 saturated carbocycles. The van der Waals surface area contributed by atoms with Gasteiger partial charge in [0.15, 0.2) is 5.84 Å². The van der Waals surface area contributed by atoms with Crippen LogP contribution in [0.25, 0.3) is 0 Å². The number of aliphatic hydroxyl groups excluding tert-OH is 1. The summed E-state index contributed by atoms with van der Waals surface area (Å²) in [6, 6.07) is 3.58. The van der Waals surface area contributed by atoms with E-state index >= 15 is 0 Å². The van der Waals surface area contributed by atoms with Crippen LogP contribution >= 0.6 is 0 Å². The van der Waals surface area contributed by atoms with Crippen molar-refractivity contribution in [3.05, 3.63) is 23.4 Å². The number of amidine groups is 1. The van der Waals surface area contributed by atoms with Gasteiger partial charge in [0, 0.05) is 18.8 Å². The van der Waals surface area contributed by atoms with Gasteiger partial charge in [-0.1, -0.05) is 5.16 Å². The van der Waals surface area contributed by atoms with Crippen molar-refractivity contribution < 1.29 is 10.3 Å². The largest absolute Gasteiger partial charge is 0.409 e. The fraction of sp³-hybridized carbons (Fsp3) is 0.455. The summed E-state index contributed by atoms with van der Waals surface area (Å²) in [6.07, 6.45) is 0.378. The molecular formula is C11H16N4O2. The van der Waals surface area contributed by atoms with Crippen LogP contribution in [-0.4, -0.2) is 40.3 Å². The minimum Gasteiger partial charge on any atom is -0.409 e. The zero-order valence-electron chi connectivity index (χ0n) is 9.67. The van der Waals surface area contributed by atoms with Crippen LogP contribution in [0.15, 0.2) is 17.3 Å². The fourth-order valence-electron chi connectivity index (χ4n) is 1.97. The van der Waals surface area contributed by atoms with E-state index in [9.17, 15) is 5.11 Å². The van der Waals surface area contributed by atoms with Crippen molar-refractivity contribution in [1.29, 1.82) is 0 Å². The Balaban J connectivity index is 2.40. The van der Waals surface area contributed by atoms with Crippen LogP contribution in [0.4, 0.5) is 5.82 Å². The van der Waals surface area contributed by atoms with Gasteiger partial charge in [-0.2, -0.15) is 0 Å². The third-order valence-corrected chi connectivity index (χ3v) is 2.86. The van der Waals surface area contributed by atoms with E-state index in [1.807, 2.05) is 17.9 Å². The van der Waals surface area contributed by atoms with Crippen molar-refractivity contribution in [3.63, 3.8) is 0 Å². The normalized spacial score (nSPS) is 20.9. The second kappa shape index (κ2) is 4.58. The van der Waals surface area contributed by atoms with Gasteiger partial charge in [-0.3, -0.25) is 0 Å². The molecule has 1 aliphatic heterocycles. The van der Waals surface area contributed by atoms with Gasteiger partial charge < -0.3 is 20.9 Å². The summed E-state index contributed by atoms with van der Waals surface area (Å²) in [5.74, 6) is 0.700. The maximum Gasteiger partial charge on any atom is 0.173 e. The highest BCUT2D eigenvalue weighted by Gasteiger charge is 2.24. The number of nitrogens with zero attached hydrogens (tertiary/aromatic N) is 3. The molecule has 0 radical (unpaired) electrons. The number of β-amino-alcohol motifs (C(OH)–C–C–N with tert-alkyl or cyclic N) is 1. The third kappa shape index (κ3) is 2.31. The van der Waals surface area contributed by atoms with Crippen LogP contribution in [0.1, 0.15) is 17.7 Å². The number of rotatable bonds is 2. The van der Waals surface area contributed by atoms with E-state index in [0.717, 1.165) is 12.2 Å². The second-order valence-electron chi connectivity index (χ2n) is 4.20. The van der Waals surface area contributed by atoms with Gasteiger partial charge >= 0.3 is 0 Å². The maximum atomic E-state index is 9.54. The molecule has 1 aliphatic rings. The number of aliphatic hydroxyl groups is 1. The highest BCUT2D eigenvalue weighted by atomic mass is 16.4. The van der Waals surface area contributed by atoms with Crippen molar-refractivity contribution >= 4 is 11.7 Å². The summed E-state index contributed by atoms with van der Waals surface area (Å²) in [7, 11) is 0. The standard InChI is InChI=1S/C11H16N4O2/c1-7-2-3-9(10(12)14-17)11(13-7)15-5-4-8(16)6-15/h2-3,8,16-17H,4-6H2,1H3,(H2,12,14). The summed E-state index contributed by atoms with van der Waals surface area (Å²) < 4.78 is 0. The maximum absolute atomic E-state index is 9.54. The minimum atomic E-state index is -0.336. The average molecular weight is 236 g/mol. The second-order valence-corrected chi connectivity index (χ2v) is 4.20. The smallest absolute Gasteiger partial charge is 0.173 e. The summed E-state index contributed by atoms with van der Waals surface area (Å²) in [4.78, 5) is 6.35. The van der Waals surface area contributed by atoms with E-state index in [-0.39, 0.29) is 11.9 Å². The molecule has 1 atom stereocenters. The summed E-state index contributed by atoms with van der Waals surface area (Å²) in [5.41, 5.74) is 7.07. The summed E-state index contributed by atoms with van der Waals surface area (Å²) >= 11 is 0. The Morgan fingerprint density at radius 2 is 2.35 bits per heavy atom. The number of anilines is 1. The molecule has 0 amide bonds. The summed E-state index contributed by atoms with van der Waals surface area (Å²) in [5, 5.41) is 21.3. The van der Waals surface area contributed by atoms with Crippen molar-refractivity contribution in [2.45, 2.75) is 19.4 Å². The molecule has 4 N–H and O–H groups in total. The molecule has 2 rings (SSSR count). The van der Waals surface area contributed by atoms with Gasteiger partial charge in [-0.25, -0.2) is 4.98 Å². The van der Waals surface area contributed by atoms with E-state index in [1.54, 1.807) is 6.07 Å². The Labute approximate surface area is 99.4 Å². The number of aromatic nitrogens is 1. The van der Waals surface area contributed by atoms with Crippen LogP contribution in [0, 0.1) is 6.92 Å². The predicted molar refractivity (Wildman–Crippen MR) is 64.3 cm³/mol. The average Bonchev–Trinajstić information content (AvgIpc) is 2.75. The van der Waals surface area contributed by atoms with E-state index in [1.165, 1.54) is 0 Å². The molecule has 1 aromatic heterocycles. The topological polar surface area (TPSA) is 95.0 Å². The zero-order chi connectivity index (χ0) is 12.4. The van der Waals surface area contributed by atoms with Gasteiger partial charge in [-0.05, 0) is 25.5 Å². The molecule has 0 aliphatic carbocycles. The number of hydrogen-bond donors (Lipinski definition) is 3. The first-order valence-electron chi connectivity index (χ1n) is 5.50. The van der Waals surface area contributed by atoms with Crippen molar-refractivity contribution in [1.82, 2.24) is 4.98 Å². The number of hydrogen-bond acceptors (Lipinski definition) is 5. The predicted octanol–water partition coefficient (Wildman–Crippen LogP) is 0.0555. The number of oxime groups is 1. The van der Waals surface area contributed by atoms with Gasteiger partial charge in [0.05, 0.1) is 11.7 Å². The SMILES string of the molecule is Cc1ccc(C(N)=NO)c(N2CCC(O)C2)n1. The van der Waals surface area contributed by atoms with Crippen molar-refractivity contribution in [3.8, 4) is 0 Å². The van der Waals surface area contributed by atoms with Gasteiger partial charge in [-0.15, -0.1) is 0 Å². The lowest BCUT2D eigenvalue weighted by atomic mass is 10.2. The number of nitrogens with two attached hydrogens (primary N) is 1. The first-order chi connectivity index (χ1) is 8.11. The number of pyridine rings is 1. The minimum absolute atomic E-state index is 0.0360. The molecular weight excluding hydrogens is 220 g/mol. The highest BCUT2D eigenvalue weighted by molar-refractivity contribution is 6.01. The molecule has 1 saturated heterocycles. The van der Waals surface area contributed by atoms with Gasteiger partial charge in [0.2, 0.25) is 0 Å². The molecule has 92 valence electrons. The Morgan fingerprint density at radius 1 is 1.59 bits per heavy atom. The monoisotopic (exact) mass is 236 g/mol. The van der Waals surface area contributed by atoms with E-state index in [2.05, 4.69) is 10.1 Å². The molecule has 0 aromatic carbocycles. The van der Waals surface area contributed by atoms with Crippen molar-refractivity contribution in [2.75, 3.05) is 18.0 Å². The molecule has 17 heavy (non-hydrogen) atoms. The van der Waals surface area contributed by atoms with Crippen LogP contribution in [0.5, 0.6) is 0 Å². The molecule has 6 heteroatoms. The molecule has 1 fully saturated rings. The number of aryl methyl sites for hydroxylation is 1. The molecule has 0 bridgehead atoms. The first kappa shape index (κ1) is 11.7. The lowest BCUT2D eigenvalue weighted by molar-refractivity contribution is 0.198. The van der Waals surface area contributed by atoms with Crippen LogP contribution in [0.3, 0.4) is 0 Å². The first-order valence-corrected chi connectivity index (χ1v) is 5.50. The Bertz CT molecular complexity index is 447. The van der Waals surface area contributed by atoms with Crippen LogP contribution in [-0.2, 0) is 0 Å². The molecule has 0 spiro atoms. The molecule has 2 heterocycles. The van der Waals surface area contributed by atoms with Gasteiger partial charge in [0.25, 0.3) is 0 Å². The molecule has 1 unspecified atom stereocenters.